The molecule has 0 unspecified atom stereocenters. The molecular weight excluding hydrogens is 1340 g/mol. The molecule has 0 spiro atoms. The molecule has 0 radical (unpaired) electrons. The van der Waals surface area contributed by atoms with Gasteiger partial charge in [-0.25, -0.2) is 29.9 Å². The van der Waals surface area contributed by atoms with Gasteiger partial charge in [-0.1, -0.05) is 13.0 Å². The molecule has 0 aliphatic carbocycles. The van der Waals surface area contributed by atoms with Crippen molar-refractivity contribution in [3.8, 4) is 5.88 Å². The molecule has 10 aromatic rings. The highest BCUT2D eigenvalue weighted by Gasteiger charge is 2.56. The third-order valence-corrected chi connectivity index (χ3v) is 22.3. The number of pyridine rings is 3. The van der Waals surface area contributed by atoms with Crippen LogP contribution in [0, 0.1) is 41.5 Å². The minimum atomic E-state index is -1.60. The van der Waals surface area contributed by atoms with Gasteiger partial charge in [0, 0.05) is 133 Å². The summed E-state index contributed by atoms with van der Waals surface area (Å²) >= 11 is 1.45. The first-order valence-corrected chi connectivity index (χ1v) is 35.3. The van der Waals surface area contributed by atoms with Crippen molar-refractivity contribution in [1.82, 2.24) is 15.0 Å². The van der Waals surface area contributed by atoms with Gasteiger partial charge in [0.15, 0.2) is 22.4 Å². The molecule has 528 valence electrons. The standard InChI is InChI=1S/C22H20N2O4.C20H17N3O2S.C19H20N4O2.C19H19N3O3/c1-12-7-17-18(8-13(12)2)23-21-22(27,20(17)26)5-6-24(21)15-3-4-19-14(9-15)10-16(11-25)28-19;1-2-14-11-16-17(26-14)18(24)20(25)7-9-23(19(20)22-16)13-5-6-15-12(10-13)4-3-8-21-15;1-11-8-14-15(9-12(11)2)22-18-19(25,17(14)24)5-7-23(18)13-4-6-21-16(10-13)20-3;1-11-8-14-15(9-12(11)2)21-18-19(24,17(14)23)6-7-22(18)13-4-5-16(25-3)20-10-13/h3-4,7-10,25,27H,5-6,11H2,1-2H3;3-6,8,10-11,25H,2,7,9H2,1H3;4,6,8-10,25H,5,7H2,1-3H3,(H,20,21);4-5,8-10,24H,6-7H2,1-3H3/t22-;20-;2*19-/m1111/s1. The van der Waals surface area contributed by atoms with Crippen molar-refractivity contribution in [2.24, 2.45) is 20.0 Å². The van der Waals surface area contributed by atoms with Gasteiger partial charge in [0.1, 0.15) is 47.1 Å². The number of anilines is 5. The maximum atomic E-state index is 13.1. The number of aliphatic hydroxyl groups is 5. The van der Waals surface area contributed by atoms with Crippen LogP contribution < -0.4 is 29.7 Å². The Kier molecular flexibility index (Phi) is 17.2. The average molecular weight is 1410 g/mol. The maximum Gasteiger partial charge on any atom is 0.214 e. The second kappa shape index (κ2) is 26.1. The monoisotopic (exact) mass is 1410 g/mol. The summed E-state index contributed by atoms with van der Waals surface area (Å²) in [6.07, 6.45) is 7.27. The van der Waals surface area contributed by atoms with Gasteiger partial charge >= 0.3 is 0 Å². The van der Waals surface area contributed by atoms with E-state index < -0.39 is 22.4 Å². The van der Waals surface area contributed by atoms with Crippen LogP contribution in [-0.4, -0.2) is 150 Å². The normalized spacial score (nSPS) is 21.5. The number of hydrogen-bond donors (Lipinski definition) is 6. The number of benzene rings is 5. The number of nitrogens with one attached hydrogen (secondary N) is 1. The Morgan fingerprint density at radius 3 is 1.44 bits per heavy atom. The first kappa shape index (κ1) is 68.8. The van der Waals surface area contributed by atoms with E-state index >= 15 is 0 Å². The van der Waals surface area contributed by atoms with E-state index in [1.807, 2.05) is 170 Å². The van der Waals surface area contributed by atoms with E-state index in [2.05, 4.69) is 37.2 Å². The van der Waals surface area contributed by atoms with Crippen molar-refractivity contribution >= 4 is 131 Å². The summed E-state index contributed by atoms with van der Waals surface area (Å²) in [6, 6.07) is 37.8. The highest BCUT2D eigenvalue weighted by molar-refractivity contribution is 7.15. The summed E-state index contributed by atoms with van der Waals surface area (Å²) < 4.78 is 10.6. The summed E-state index contributed by atoms with van der Waals surface area (Å²) in [5.74, 6) is 2.28. The van der Waals surface area contributed by atoms with Crippen molar-refractivity contribution < 1.29 is 53.9 Å². The zero-order valence-corrected chi connectivity index (χ0v) is 59.7. The highest BCUT2D eigenvalue weighted by Crippen LogP contribution is 2.47. The second-order valence-corrected chi connectivity index (χ2v) is 28.6. The lowest BCUT2D eigenvalue weighted by atomic mass is 9.86. The summed E-state index contributed by atoms with van der Waals surface area (Å²) in [7, 11) is 3.36. The molecule has 8 aliphatic heterocycles. The molecule has 0 bridgehead atoms. The van der Waals surface area contributed by atoms with Crippen molar-refractivity contribution in [3.05, 3.63) is 206 Å². The van der Waals surface area contributed by atoms with Crippen LogP contribution in [0.2, 0.25) is 0 Å². The molecule has 4 fully saturated rings. The van der Waals surface area contributed by atoms with Crippen molar-refractivity contribution in [1.29, 1.82) is 0 Å². The number of methoxy groups -OCH3 is 1. The van der Waals surface area contributed by atoms with Crippen LogP contribution in [0.25, 0.3) is 21.9 Å². The lowest BCUT2D eigenvalue weighted by molar-refractivity contribution is 0.0600. The van der Waals surface area contributed by atoms with Gasteiger partial charge in [0.2, 0.25) is 29.0 Å². The lowest BCUT2D eigenvalue weighted by Gasteiger charge is -2.30. The Bertz CT molecular complexity index is 5410. The van der Waals surface area contributed by atoms with Gasteiger partial charge in [-0.05, 0) is 184 Å². The second-order valence-electron chi connectivity index (χ2n) is 27.4. The first-order chi connectivity index (χ1) is 49.9. The topological polar surface area (TPSA) is 305 Å². The smallest absolute Gasteiger partial charge is 0.214 e. The number of amidine groups is 4. The van der Waals surface area contributed by atoms with Crippen LogP contribution in [0.15, 0.2) is 164 Å². The van der Waals surface area contributed by atoms with Crippen LogP contribution in [-0.2, 0) is 13.0 Å². The Morgan fingerprint density at radius 1 is 0.500 bits per heavy atom. The van der Waals surface area contributed by atoms with Gasteiger partial charge in [0.05, 0.1) is 52.1 Å². The molecule has 5 aromatic heterocycles. The van der Waals surface area contributed by atoms with E-state index in [0.29, 0.717) is 137 Å². The molecule has 23 nitrogen and oxygen atoms in total. The number of ether oxygens (including phenoxy) is 1. The molecule has 4 atom stereocenters. The van der Waals surface area contributed by atoms with Crippen LogP contribution in [0.1, 0.15) is 117 Å². The number of fused-ring (bicyclic) bond motifs is 10. The van der Waals surface area contributed by atoms with Crippen molar-refractivity contribution in [3.63, 3.8) is 0 Å². The summed E-state index contributed by atoms with van der Waals surface area (Å²) in [4.78, 5) is 92.8. The molecule has 4 saturated heterocycles. The number of nitrogens with zero attached hydrogens (tertiary/aromatic N) is 11. The fourth-order valence-corrected chi connectivity index (χ4v) is 15.7. The van der Waals surface area contributed by atoms with Crippen LogP contribution >= 0.6 is 11.3 Å². The third-order valence-electron chi connectivity index (χ3n) is 21.1. The van der Waals surface area contributed by atoms with Crippen molar-refractivity contribution in [2.45, 2.75) is 110 Å². The number of rotatable bonds is 8. The van der Waals surface area contributed by atoms with Gasteiger partial charge in [0.25, 0.3) is 0 Å². The van der Waals surface area contributed by atoms with Gasteiger partial charge in [-0.3, -0.25) is 24.2 Å². The van der Waals surface area contributed by atoms with Crippen LogP contribution in [0.3, 0.4) is 0 Å². The quantitative estimate of drug-likeness (QED) is 0.0823. The molecule has 104 heavy (non-hydrogen) atoms. The number of carbonyl (C=O) groups excluding carboxylic acids is 4. The van der Waals surface area contributed by atoms with Crippen LogP contribution in [0.4, 0.5) is 51.3 Å². The van der Waals surface area contributed by atoms with Gasteiger partial charge < -0.3 is 59.6 Å². The van der Waals surface area contributed by atoms with Crippen molar-refractivity contribution in [2.75, 3.05) is 65.3 Å². The number of hydrogen-bond acceptors (Lipinski definition) is 24. The van der Waals surface area contributed by atoms with Gasteiger partial charge in [-0.2, -0.15) is 0 Å². The number of aromatic nitrogens is 3. The molecule has 18 rings (SSSR count). The number of aryl methyl sites for hydroxylation is 7. The minimum Gasteiger partial charge on any atom is -0.481 e. The molecule has 8 aliphatic rings. The molecule has 0 amide bonds. The summed E-state index contributed by atoms with van der Waals surface area (Å²) in [5, 5.41) is 58.6. The molecular formula is C80H76N12O11S. The molecule has 5 aromatic carbocycles. The van der Waals surface area contributed by atoms with E-state index in [0.717, 1.165) is 89.5 Å². The third kappa shape index (κ3) is 11.4. The largest absolute Gasteiger partial charge is 0.481 e. The highest BCUT2D eigenvalue weighted by atomic mass is 32.1. The average Bonchev–Trinajstić information content (AvgIpc) is 1.54. The van der Waals surface area contributed by atoms with E-state index in [4.69, 9.17) is 19.1 Å². The molecule has 6 N–H and O–H groups in total. The van der Waals surface area contributed by atoms with E-state index in [1.165, 1.54) is 11.3 Å². The molecule has 13 heterocycles. The van der Waals surface area contributed by atoms with E-state index in [1.54, 1.807) is 44.9 Å². The number of Topliss-reactive ketones (excluding diaryl/α,β-unsaturated/α-hetero) is 4. The van der Waals surface area contributed by atoms with E-state index in [-0.39, 0.29) is 29.7 Å². The predicted octanol–water partition coefficient (Wildman–Crippen LogP) is 12.3. The Balaban J connectivity index is 0.000000112. The number of carbonyl (C=O) groups is 4. The Labute approximate surface area is 602 Å². The zero-order chi connectivity index (χ0) is 73.1. The number of ketones is 4. The zero-order valence-electron chi connectivity index (χ0n) is 58.9. The van der Waals surface area contributed by atoms with Gasteiger partial charge in [-0.15, -0.1) is 11.3 Å². The van der Waals surface area contributed by atoms with Crippen LogP contribution in [0.5, 0.6) is 5.88 Å². The number of furan rings is 1. The lowest BCUT2D eigenvalue weighted by Crippen LogP contribution is -2.48. The Morgan fingerprint density at radius 2 is 0.962 bits per heavy atom. The fourth-order valence-electron chi connectivity index (χ4n) is 14.7. The number of aliphatic hydroxyl groups excluding tert-OH is 1. The fraction of sp³-hybridized carbons (Fsp3) is 0.287. The molecule has 0 saturated carbocycles. The summed E-state index contributed by atoms with van der Waals surface area (Å²) in [6.45, 7) is 15.8. The van der Waals surface area contributed by atoms with E-state index in [9.17, 15) is 44.7 Å². The summed E-state index contributed by atoms with van der Waals surface area (Å²) in [5.41, 5.74) is 8.97. The number of thiophene rings is 1. The first-order valence-electron chi connectivity index (χ1n) is 34.5. The maximum absolute atomic E-state index is 13.1. The SMILES string of the molecule is CCc1cc2c(s1)C(=O)[C@]1(O)CCN(c3ccc4ncccc4c3)C1=N2.CNc1cc(N2CC[C@@]3(O)C(=O)c4cc(C)c(C)cc4N=C23)ccn1.COc1ccc(N2CC[C@@]3(O)C(=O)c4cc(C)c(C)cc4N=C23)cn1.Cc1cc2c(cc1C)C(=O)[C@]1(O)CCN(c3ccc4oc(CO)cc4c3)C1=N2. The Hall–Kier alpha value is -11.0. The molecule has 24 heteroatoms. The minimum absolute atomic E-state index is 0.162. The number of aliphatic imine (C=N–C) groups is 4. The predicted molar refractivity (Wildman–Crippen MR) is 403 cm³/mol.